The fourth-order valence-electron chi connectivity index (χ4n) is 3.46. The van der Waals surface area contributed by atoms with Crippen molar-refractivity contribution < 1.29 is 14.2 Å². The summed E-state index contributed by atoms with van der Waals surface area (Å²) < 4.78 is 20.5. The lowest BCUT2D eigenvalue weighted by molar-refractivity contribution is 0.0852. The molecule has 0 atom stereocenters. The first kappa shape index (κ1) is 20.4. The van der Waals surface area contributed by atoms with Gasteiger partial charge in [-0.2, -0.15) is 0 Å². The lowest BCUT2D eigenvalue weighted by Gasteiger charge is -2.15. The first-order chi connectivity index (χ1) is 14.5. The van der Waals surface area contributed by atoms with Gasteiger partial charge < -0.3 is 9.84 Å². The minimum atomic E-state index is -0.662. The lowest BCUT2D eigenvalue weighted by Crippen LogP contribution is -2.20. The highest BCUT2D eigenvalue weighted by Gasteiger charge is 2.41. The molecule has 0 unspecified atom stereocenters. The second-order valence-corrected chi connectivity index (χ2v) is 8.03. The molecule has 0 spiro atoms. The van der Waals surface area contributed by atoms with Gasteiger partial charge in [-0.05, 0) is 85.2 Å². The summed E-state index contributed by atoms with van der Waals surface area (Å²) in [5, 5.41) is 9.99. The van der Waals surface area contributed by atoms with Crippen LogP contribution in [0.15, 0.2) is 65.6 Å². The molecule has 1 fully saturated rings. The third-order valence-corrected chi connectivity index (χ3v) is 5.63. The Hall–Kier alpha value is -2.92. The zero-order chi connectivity index (χ0) is 21.1. The van der Waals surface area contributed by atoms with Gasteiger partial charge >= 0.3 is 0 Å². The second kappa shape index (κ2) is 8.44. The molecule has 0 amide bonds. The Morgan fingerprint density at radius 3 is 2.43 bits per heavy atom. The van der Waals surface area contributed by atoms with Crippen molar-refractivity contribution in [3.8, 4) is 11.4 Å². The molecule has 1 aliphatic rings. The summed E-state index contributed by atoms with van der Waals surface area (Å²) in [5.41, 5.74) is 3.04. The van der Waals surface area contributed by atoms with Crippen LogP contribution in [0.3, 0.4) is 0 Å². The van der Waals surface area contributed by atoms with Gasteiger partial charge in [-0.3, -0.25) is 9.36 Å². The molecule has 1 aliphatic carbocycles. The zero-order valence-corrected chi connectivity index (χ0v) is 17.1. The minimum Gasteiger partial charge on any atom is -0.490 e. The molecular formula is C25H26FNO3. The Balaban J connectivity index is 1.47. The highest BCUT2D eigenvalue weighted by molar-refractivity contribution is 5.45. The van der Waals surface area contributed by atoms with Gasteiger partial charge in [0.05, 0.1) is 5.60 Å². The number of benzene rings is 2. The van der Waals surface area contributed by atoms with Crippen LogP contribution < -0.4 is 10.3 Å². The predicted molar refractivity (Wildman–Crippen MR) is 115 cm³/mol. The van der Waals surface area contributed by atoms with Crippen molar-refractivity contribution >= 4 is 0 Å². The maximum atomic E-state index is 13.0. The van der Waals surface area contributed by atoms with E-state index in [1.807, 2.05) is 31.2 Å². The predicted octanol–water partition coefficient (Wildman–Crippen LogP) is 4.23. The topological polar surface area (TPSA) is 51.5 Å². The fourth-order valence-corrected chi connectivity index (χ4v) is 3.46. The molecule has 0 aliphatic heterocycles. The summed E-state index contributed by atoms with van der Waals surface area (Å²) >= 11 is 0. The number of ether oxygens (including phenoxy) is 1. The molecule has 1 aromatic heterocycles. The summed E-state index contributed by atoms with van der Waals surface area (Å²) in [6.45, 7) is 2.35. The van der Waals surface area contributed by atoms with Gasteiger partial charge in [-0.25, -0.2) is 4.39 Å². The smallest absolute Gasteiger partial charge is 0.255 e. The number of rotatable bonds is 8. The van der Waals surface area contributed by atoms with E-state index in [2.05, 4.69) is 0 Å². The van der Waals surface area contributed by atoms with E-state index in [4.69, 9.17) is 4.74 Å². The van der Waals surface area contributed by atoms with Crippen LogP contribution in [0.2, 0.25) is 0 Å². The third kappa shape index (κ3) is 4.79. The van der Waals surface area contributed by atoms with Crippen molar-refractivity contribution in [2.24, 2.45) is 0 Å². The number of hydrogen-bond acceptors (Lipinski definition) is 3. The van der Waals surface area contributed by atoms with E-state index in [1.165, 1.54) is 12.1 Å². The normalized spacial score (nSPS) is 14.5. The van der Waals surface area contributed by atoms with Gasteiger partial charge in [-0.1, -0.05) is 19.1 Å². The van der Waals surface area contributed by atoms with Gasteiger partial charge in [0, 0.05) is 18.0 Å². The second-order valence-electron chi connectivity index (χ2n) is 8.03. The molecule has 1 heterocycles. The molecule has 3 aromatic rings. The molecular weight excluding hydrogens is 381 g/mol. The number of aromatic nitrogens is 1. The van der Waals surface area contributed by atoms with Crippen LogP contribution in [-0.4, -0.2) is 21.9 Å². The SMILES string of the molecule is CCc1cc(-n2ccc(CCc3ccc(F)cc3)cc2=O)ccc1OCC1(O)CC1. The number of nitrogens with zero attached hydrogens (tertiary/aromatic N) is 1. The van der Waals surface area contributed by atoms with Crippen LogP contribution in [0.5, 0.6) is 5.75 Å². The van der Waals surface area contributed by atoms with Crippen LogP contribution in [-0.2, 0) is 19.3 Å². The molecule has 2 aromatic carbocycles. The zero-order valence-electron chi connectivity index (χ0n) is 17.1. The van der Waals surface area contributed by atoms with Crippen molar-refractivity contribution in [2.45, 2.75) is 44.6 Å². The lowest BCUT2D eigenvalue weighted by atomic mass is 10.1. The van der Waals surface area contributed by atoms with Crippen molar-refractivity contribution in [3.05, 3.63) is 93.7 Å². The van der Waals surface area contributed by atoms with E-state index in [1.54, 1.807) is 29.0 Å². The molecule has 0 saturated heterocycles. The molecule has 156 valence electrons. The van der Waals surface area contributed by atoms with Crippen LogP contribution in [0.4, 0.5) is 4.39 Å². The van der Waals surface area contributed by atoms with Gasteiger partial charge in [-0.15, -0.1) is 0 Å². The van der Waals surface area contributed by atoms with E-state index in [0.717, 1.165) is 60.2 Å². The Kier molecular flexibility index (Phi) is 5.73. The van der Waals surface area contributed by atoms with Crippen LogP contribution >= 0.6 is 0 Å². The highest BCUT2D eigenvalue weighted by Crippen LogP contribution is 2.36. The first-order valence-electron chi connectivity index (χ1n) is 10.4. The minimum absolute atomic E-state index is 0.0883. The number of hydrogen-bond donors (Lipinski definition) is 1. The summed E-state index contributed by atoms with van der Waals surface area (Å²) in [6.07, 6.45) is 5.61. The largest absolute Gasteiger partial charge is 0.490 e. The number of aliphatic hydroxyl groups is 1. The summed E-state index contributed by atoms with van der Waals surface area (Å²) in [4.78, 5) is 12.7. The number of halogens is 1. The van der Waals surface area contributed by atoms with Crippen molar-refractivity contribution in [1.82, 2.24) is 4.57 Å². The summed E-state index contributed by atoms with van der Waals surface area (Å²) in [7, 11) is 0. The maximum absolute atomic E-state index is 13.0. The average Bonchev–Trinajstić information content (AvgIpc) is 3.49. The van der Waals surface area contributed by atoms with Gasteiger partial charge in [0.25, 0.3) is 5.56 Å². The van der Waals surface area contributed by atoms with Crippen LogP contribution in [0.25, 0.3) is 5.69 Å². The van der Waals surface area contributed by atoms with Gasteiger partial charge in [0.15, 0.2) is 0 Å². The maximum Gasteiger partial charge on any atom is 0.255 e. The van der Waals surface area contributed by atoms with E-state index < -0.39 is 5.60 Å². The van der Waals surface area contributed by atoms with E-state index in [-0.39, 0.29) is 11.4 Å². The molecule has 30 heavy (non-hydrogen) atoms. The summed E-state index contributed by atoms with van der Waals surface area (Å²) in [5.74, 6) is 0.512. The van der Waals surface area contributed by atoms with Crippen LogP contribution in [0, 0.1) is 5.82 Å². The van der Waals surface area contributed by atoms with E-state index in [9.17, 15) is 14.3 Å². The summed E-state index contributed by atoms with van der Waals surface area (Å²) in [6, 6.07) is 15.8. The Morgan fingerprint density at radius 1 is 1.03 bits per heavy atom. The Bertz CT molecular complexity index is 1080. The Labute approximate surface area is 175 Å². The molecule has 5 heteroatoms. The highest BCUT2D eigenvalue weighted by atomic mass is 19.1. The van der Waals surface area contributed by atoms with Crippen LogP contribution in [0.1, 0.15) is 36.5 Å². The van der Waals surface area contributed by atoms with Crippen molar-refractivity contribution in [1.29, 1.82) is 0 Å². The first-order valence-corrected chi connectivity index (χ1v) is 10.4. The standard InChI is InChI=1S/C25H26FNO3/c1-2-20-16-22(9-10-23(20)30-17-25(29)12-13-25)27-14-11-19(15-24(27)28)4-3-18-5-7-21(26)8-6-18/h5-11,14-16,29H,2-4,12-13,17H2,1H3. The van der Waals surface area contributed by atoms with E-state index >= 15 is 0 Å². The quantitative estimate of drug-likeness (QED) is 0.608. The average molecular weight is 407 g/mol. The number of pyridine rings is 1. The van der Waals surface area contributed by atoms with E-state index in [0.29, 0.717) is 6.61 Å². The monoisotopic (exact) mass is 407 g/mol. The fraction of sp³-hybridized carbons (Fsp3) is 0.320. The number of aryl methyl sites for hydroxylation is 3. The van der Waals surface area contributed by atoms with Crippen molar-refractivity contribution in [2.75, 3.05) is 6.61 Å². The molecule has 4 nitrogen and oxygen atoms in total. The molecule has 0 radical (unpaired) electrons. The molecule has 1 N–H and O–H groups in total. The molecule has 1 saturated carbocycles. The molecule has 4 rings (SSSR count). The van der Waals surface area contributed by atoms with Crippen molar-refractivity contribution in [3.63, 3.8) is 0 Å². The Morgan fingerprint density at radius 2 is 1.77 bits per heavy atom. The third-order valence-electron chi connectivity index (χ3n) is 5.63. The molecule has 0 bridgehead atoms. The van der Waals surface area contributed by atoms with Gasteiger partial charge in [0.2, 0.25) is 0 Å². The van der Waals surface area contributed by atoms with Gasteiger partial charge in [0.1, 0.15) is 18.2 Å².